The quantitative estimate of drug-likeness (QED) is 0.0426. The number of ether oxygens (including phenoxy) is 2. The van der Waals surface area contributed by atoms with Gasteiger partial charge in [-0.1, -0.05) is 49.9 Å². The number of aromatic nitrogens is 3. The van der Waals surface area contributed by atoms with Gasteiger partial charge in [-0.2, -0.15) is 0 Å². The van der Waals surface area contributed by atoms with Crippen molar-refractivity contribution in [1.29, 1.82) is 0 Å². The van der Waals surface area contributed by atoms with Crippen molar-refractivity contribution in [3.05, 3.63) is 85.2 Å². The van der Waals surface area contributed by atoms with Crippen molar-refractivity contribution in [3.8, 4) is 39.7 Å². The van der Waals surface area contributed by atoms with Gasteiger partial charge in [0.05, 0.1) is 36.0 Å². The lowest BCUT2D eigenvalue weighted by molar-refractivity contribution is 0.102. The van der Waals surface area contributed by atoms with Crippen LogP contribution in [-0.2, 0) is 4.74 Å². The Balaban J connectivity index is 0.963. The van der Waals surface area contributed by atoms with Crippen LogP contribution in [-0.4, -0.2) is 107 Å². The van der Waals surface area contributed by atoms with Crippen LogP contribution in [0.25, 0.3) is 33.9 Å². The minimum absolute atomic E-state index is 0.503. The predicted molar refractivity (Wildman–Crippen MR) is 214 cm³/mol. The Morgan fingerprint density at radius 1 is 0.462 bits per heavy atom. The summed E-state index contributed by atoms with van der Waals surface area (Å²) in [5.74, 6) is 0.813. The van der Waals surface area contributed by atoms with Crippen LogP contribution in [0.3, 0.4) is 0 Å². The van der Waals surface area contributed by atoms with Crippen LogP contribution in [0, 0.1) is 0 Å². The van der Waals surface area contributed by atoms with Crippen molar-refractivity contribution in [2.75, 3.05) is 91.8 Å². The maximum Gasteiger partial charge on any atom is 0.119 e. The van der Waals surface area contributed by atoms with E-state index in [1.165, 1.54) is 38.5 Å². The Bertz CT molecular complexity index is 1390. The summed E-state index contributed by atoms with van der Waals surface area (Å²) in [5, 5.41) is 17.3. The lowest BCUT2D eigenvalue weighted by Gasteiger charge is -2.11. The van der Waals surface area contributed by atoms with Gasteiger partial charge in [-0.15, -0.1) is 0 Å². The van der Waals surface area contributed by atoms with E-state index in [4.69, 9.17) is 20.2 Å². The summed E-state index contributed by atoms with van der Waals surface area (Å²) in [4.78, 5) is 13.9. The standard InChI is InChI=1S/C41H61N9O2/c42-17-22-45-25-23-43-18-7-3-1-2-4-8-19-44-24-26-46-27-28-47-29-30-51-31-32-52-37-15-13-35(14-16-37)36-33-40(38-11-5-9-20-48-38)50-41(34-36)39-12-6-10-21-49-39/h5-6,9-16,20-21,33-34,43-47H,1-4,7-8,17-19,22-32,42H2. The molecule has 11 heteroatoms. The fourth-order valence-corrected chi connectivity index (χ4v) is 5.66. The van der Waals surface area contributed by atoms with Crippen LogP contribution >= 0.6 is 0 Å². The molecule has 1 aromatic carbocycles. The molecule has 0 radical (unpaired) electrons. The normalized spacial score (nSPS) is 11.2. The van der Waals surface area contributed by atoms with Crippen molar-refractivity contribution in [2.45, 2.75) is 38.5 Å². The molecule has 7 N–H and O–H groups in total. The molecule has 3 heterocycles. The molecule has 0 saturated carbocycles. The van der Waals surface area contributed by atoms with E-state index >= 15 is 0 Å². The molecule has 0 aliphatic rings. The Morgan fingerprint density at radius 2 is 0.981 bits per heavy atom. The first-order valence-electron chi connectivity index (χ1n) is 19.2. The van der Waals surface area contributed by atoms with Gasteiger partial charge in [0.25, 0.3) is 0 Å². The van der Waals surface area contributed by atoms with Crippen LogP contribution < -0.4 is 37.1 Å². The van der Waals surface area contributed by atoms with Crippen LogP contribution in [0.2, 0.25) is 0 Å². The van der Waals surface area contributed by atoms with E-state index in [2.05, 4.69) is 60.8 Å². The SMILES string of the molecule is NCCNCCNCCCCCCCCNCCNCCNCCOCCOc1ccc(-c2cc(-c3ccccn3)nc(-c3ccccn3)c2)cc1. The Kier molecular flexibility index (Phi) is 21.2. The minimum Gasteiger partial charge on any atom is -0.491 e. The summed E-state index contributed by atoms with van der Waals surface area (Å²) in [6, 6.07) is 24.0. The number of hydrogen-bond donors (Lipinski definition) is 6. The molecule has 0 aliphatic heterocycles. The van der Waals surface area contributed by atoms with Crippen molar-refractivity contribution >= 4 is 0 Å². The molecule has 11 nitrogen and oxygen atoms in total. The summed E-state index contributed by atoms with van der Waals surface area (Å²) in [7, 11) is 0. The maximum absolute atomic E-state index is 5.94. The van der Waals surface area contributed by atoms with Gasteiger partial charge in [0.15, 0.2) is 0 Å². The summed E-state index contributed by atoms with van der Waals surface area (Å²) >= 11 is 0. The summed E-state index contributed by atoms with van der Waals surface area (Å²) < 4.78 is 11.7. The first kappa shape index (κ1) is 41.0. The summed E-state index contributed by atoms with van der Waals surface area (Å²) in [6.07, 6.45) is 11.4. The number of unbranched alkanes of at least 4 members (excludes halogenated alkanes) is 5. The van der Waals surface area contributed by atoms with Gasteiger partial charge in [-0.05, 0) is 85.6 Å². The van der Waals surface area contributed by atoms with Gasteiger partial charge < -0.3 is 41.8 Å². The Labute approximate surface area is 311 Å². The van der Waals surface area contributed by atoms with Gasteiger partial charge in [0, 0.05) is 71.3 Å². The van der Waals surface area contributed by atoms with Gasteiger partial charge in [0.1, 0.15) is 12.4 Å². The number of nitrogens with two attached hydrogens (primary N) is 1. The highest BCUT2D eigenvalue weighted by atomic mass is 16.5. The highest BCUT2D eigenvalue weighted by Gasteiger charge is 2.10. The minimum atomic E-state index is 0.503. The van der Waals surface area contributed by atoms with Crippen molar-refractivity contribution < 1.29 is 9.47 Å². The monoisotopic (exact) mass is 711 g/mol. The van der Waals surface area contributed by atoms with Gasteiger partial charge >= 0.3 is 0 Å². The molecule has 0 fully saturated rings. The van der Waals surface area contributed by atoms with E-state index in [9.17, 15) is 0 Å². The zero-order valence-electron chi connectivity index (χ0n) is 31.0. The number of pyridine rings is 3. The van der Waals surface area contributed by atoms with Crippen molar-refractivity contribution in [3.63, 3.8) is 0 Å². The fraction of sp³-hybridized carbons (Fsp3) is 0.488. The van der Waals surface area contributed by atoms with Crippen molar-refractivity contribution in [1.82, 2.24) is 41.5 Å². The van der Waals surface area contributed by atoms with Crippen molar-refractivity contribution in [2.24, 2.45) is 5.73 Å². The Morgan fingerprint density at radius 3 is 1.52 bits per heavy atom. The van der Waals surface area contributed by atoms with E-state index in [0.29, 0.717) is 26.4 Å². The maximum atomic E-state index is 5.94. The third kappa shape index (κ3) is 17.1. The number of nitrogens with one attached hydrogen (secondary N) is 5. The highest BCUT2D eigenvalue weighted by molar-refractivity contribution is 5.74. The molecular weight excluding hydrogens is 651 g/mol. The molecule has 0 spiro atoms. The molecule has 0 saturated heterocycles. The second-order valence-electron chi connectivity index (χ2n) is 12.7. The molecule has 4 rings (SSSR count). The van der Waals surface area contributed by atoms with E-state index in [1.54, 1.807) is 12.4 Å². The molecule has 0 aliphatic carbocycles. The molecule has 3 aromatic heterocycles. The Hall–Kier alpha value is -3.81. The second kappa shape index (κ2) is 26.9. The topological polar surface area (TPSA) is 143 Å². The third-order valence-corrected chi connectivity index (χ3v) is 8.50. The van der Waals surface area contributed by atoms with E-state index in [-0.39, 0.29) is 0 Å². The van der Waals surface area contributed by atoms with Crippen LogP contribution in [0.1, 0.15) is 38.5 Å². The number of nitrogens with zero attached hydrogens (tertiary/aromatic N) is 3. The smallest absolute Gasteiger partial charge is 0.119 e. The first-order valence-corrected chi connectivity index (χ1v) is 19.2. The van der Waals surface area contributed by atoms with Gasteiger partial charge in [0.2, 0.25) is 0 Å². The average Bonchev–Trinajstić information content (AvgIpc) is 3.20. The zero-order chi connectivity index (χ0) is 36.2. The first-order chi connectivity index (χ1) is 25.8. The predicted octanol–water partition coefficient (Wildman–Crippen LogP) is 4.52. The van der Waals surface area contributed by atoms with Gasteiger partial charge in [-0.3, -0.25) is 9.97 Å². The second-order valence-corrected chi connectivity index (χ2v) is 12.7. The largest absolute Gasteiger partial charge is 0.491 e. The summed E-state index contributed by atoms with van der Waals surface area (Å²) in [6.45, 7) is 12.3. The van der Waals surface area contributed by atoms with Crippen LogP contribution in [0.15, 0.2) is 85.2 Å². The number of hydrogen-bond acceptors (Lipinski definition) is 11. The molecule has 52 heavy (non-hydrogen) atoms. The molecule has 4 aromatic rings. The lowest BCUT2D eigenvalue weighted by Crippen LogP contribution is -2.34. The fourth-order valence-electron chi connectivity index (χ4n) is 5.66. The van der Waals surface area contributed by atoms with Gasteiger partial charge in [-0.25, -0.2) is 4.98 Å². The number of rotatable bonds is 30. The molecular formula is C41H61N9O2. The molecule has 282 valence electrons. The zero-order valence-corrected chi connectivity index (χ0v) is 31.0. The van der Waals surface area contributed by atoms with Crippen LogP contribution in [0.4, 0.5) is 0 Å². The third-order valence-electron chi connectivity index (χ3n) is 8.50. The van der Waals surface area contributed by atoms with E-state index in [1.807, 2.05) is 48.5 Å². The van der Waals surface area contributed by atoms with E-state index in [0.717, 1.165) is 105 Å². The number of benzene rings is 1. The van der Waals surface area contributed by atoms with E-state index < -0.39 is 0 Å². The van der Waals surface area contributed by atoms with Crippen LogP contribution in [0.5, 0.6) is 5.75 Å². The molecule has 0 amide bonds. The molecule has 0 unspecified atom stereocenters. The molecule has 0 bridgehead atoms. The summed E-state index contributed by atoms with van der Waals surface area (Å²) in [5.41, 5.74) is 10.8. The highest BCUT2D eigenvalue weighted by Crippen LogP contribution is 2.29. The average molecular weight is 712 g/mol. The lowest BCUT2D eigenvalue weighted by atomic mass is 10.0. The molecule has 0 atom stereocenters.